The number of hydrogen-bond donors (Lipinski definition) is 1. The zero-order chi connectivity index (χ0) is 10.3. The molecule has 0 spiro atoms. The maximum absolute atomic E-state index is 5.95. The van der Waals surface area contributed by atoms with Gasteiger partial charge in [0, 0.05) is 0 Å². The molecule has 0 amide bonds. The Balaban J connectivity index is 1.60. The molecule has 4 saturated carbocycles. The van der Waals surface area contributed by atoms with Crippen LogP contribution in [0.15, 0.2) is 0 Å². The molecule has 4 fully saturated rings. The molecule has 86 valence electrons. The lowest BCUT2D eigenvalue weighted by atomic mass is 9.55. The Kier molecular flexibility index (Phi) is 2.71. The number of hydrogen-bond acceptors (Lipinski definition) is 3. The predicted molar refractivity (Wildman–Crippen MR) is 56.9 cm³/mol. The van der Waals surface area contributed by atoms with Crippen LogP contribution in [0, 0.1) is 23.7 Å². The van der Waals surface area contributed by atoms with E-state index < -0.39 is 0 Å². The van der Waals surface area contributed by atoms with E-state index in [2.05, 4.69) is 4.84 Å². The molecule has 4 rings (SSSR count). The van der Waals surface area contributed by atoms with Gasteiger partial charge in [-0.1, -0.05) is 0 Å². The molecule has 0 radical (unpaired) electrons. The van der Waals surface area contributed by atoms with Crippen molar-refractivity contribution in [3.05, 3.63) is 0 Å². The fourth-order valence-corrected chi connectivity index (χ4v) is 4.38. The lowest BCUT2D eigenvalue weighted by molar-refractivity contribution is -0.133. The van der Waals surface area contributed by atoms with Gasteiger partial charge >= 0.3 is 0 Å². The van der Waals surface area contributed by atoms with Gasteiger partial charge in [-0.15, -0.1) is 0 Å². The van der Waals surface area contributed by atoms with Crippen molar-refractivity contribution in [3.63, 3.8) is 0 Å². The van der Waals surface area contributed by atoms with Gasteiger partial charge in [0.15, 0.2) is 0 Å². The third-order valence-electron chi connectivity index (χ3n) is 4.65. The van der Waals surface area contributed by atoms with Crippen molar-refractivity contribution >= 4 is 0 Å². The molecule has 3 nitrogen and oxygen atoms in total. The molecule has 3 heteroatoms. The van der Waals surface area contributed by atoms with Gasteiger partial charge in [-0.25, -0.2) is 5.90 Å². The maximum atomic E-state index is 5.95. The van der Waals surface area contributed by atoms with Crippen molar-refractivity contribution in [1.29, 1.82) is 0 Å². The van der Waals surface area contributed by atoms with Gasteiger partial charge in [0.25, 0.3) is 0 Å². The minimum Gasteiger partial charge on any atom is -0.375 e. The van der Waals surface area contributed by atoms with Gasteiger partial charge in [-0.2, -0.15) is 0 Å². The quantitative estimate of drug-likeness (QED) is 0.569. The van der Waals surface area contributed by atoms with E-state index in [0.717, 1.165) is 23.7 Å². The molecule has 4 bridgehead atoms. The third-order valence-corrected chi connectivity index (χ3v) is 4.65. The fraction of sp³-hybridized carbons (Fsp3) is 1.00. The minimum absolute atomic E-state index is 0.521. The normalized spacial score (nSPS) is 47.4. The van der Waals surface area contributed by atoms with E-state index in [0.29, 0.717) is 19.3 Å². The first-order valence-corrected chi connectivity index (χ1v) is 6.30. The van der Waals surface area contributed by atoms with Crippen molar-refractivity contribution in [2.24, 2.45) is 29.6 Å². The summed E-state index contributed by atoms with van der Waals surface area (Å²) in [6.07, 6.45) is 7.70. The first-order valence-electron chi connectivity index (χ1n) is 6.30. The topological polar surface area (TPSA) is 44.5 Å². The van der Waals surface area contributed by atoms with Gasteiger partial charge < -0.3 is 9.57 Å². The highest BCUT2D eigenvalue weighted by Crippen LogP contribution is 2.54. The van der Waals surface area contributed by atoms with Crippen molar-refractivity contribution < 1.29 is 9.57 Å². The van der Waals surface area contributed by atoms with Crippen molar-refractivity contribution in [3.8, 4) is 0 Å². The second kappa shape index (κ2) is 4.04. The predicted octanol–water partition coefficient (Wildman–Crippen LogP) is 1.72. The van der Waals surface area contributed by atoms with Crippen LogP contribution in [0.1, 0.15) is 32.1 Å². The fourth-order valence-electron chi connectivity index (χ4n) is 4.38. The molecule has 0 aromatic carbocycles. The summed E-state index contributed by atoms with van der Waals surface area (Å²) in [4.78, 5) is 4.56. The average Bonchev–Trinajstić information content (AvgIpc) is 2.21. The number of rotatable bonds is 4. The monoisotopic (exact) mass is 211 g/mol. The maximum Gasteiger partial charge on any atom is 0.0913 e. The molecule has 15 heavy (non-hydrogen) atoms. The molecule has 4 aliphatic rings. The summed E-state index contributed by atoms with van der Waals surface area (Å²) in [6.45, 7) is 1.20. The van der Waals surface area contributed by atoms with Crippen LogP contribution in [0.5, 0.6) is 0 Å². The standard InChI is InChI=1S/C12H21NO2/c13-15-2-1-14-12-10-4-8-3-9(6-10)7-11(12)5-8/h8-12H,1-7,13H2. The van der Waals surface area contributed by atoms with Gasteiger partial charge in [0.2, 0.25) is 0 Å². The smallest absolute Gasteiger partial charge is 0.0913 e. The molecule has 0 atom stereocenters. The summed E-state index contributed by atoms with van der Waals surface area (Å²) < 4.78 is 5.95. The zero-order valence-corrected chi connectivity index (χ0v) is 9.23. The second-order valence-corrected chi connectivity index (χ2v) is 5.64. The molecule has 0 heterocycles. The lowest BCUT2D eigenvalue weighted by Gasteiger charge is -2.54. The van der Waals surface area contributed by atoms with Crippen molar-refractivity contribution in [1.82, 2.24) is 0 Å². The van der Waals surface area contributed by atoms with Crippen molar-refractivity contribution in [2.75, 3.05) is 13.2 Å². The van der Waals surface area contributed by atoms with Gasteiger partial charge in [-0.3, -0.25) is 0 Å². The third kappa shape index (κ3) is 1.81. The first kappa shape index (κ1) is 10.1. The second-order valence-electron chi connectivity index (χ2n) is 5.64. The number of ether oxygens (including phenoxy) is 1. The van der Waals surface area contributed by atoms with E-state index in [-0.39, 0.29) is 0 Å². The van der Waals surface area contributed by atoms with Crippen LogP contribution in [0.4, 0.5) is 0 Å². The summed E-state index contributed by atoms with van der Waals surface area (Å²) in [6, 6.07) is 0. The average molecular weight is 211 g/mol. The zero-order valence-electron chi connectivity index (χ0n) is 9.23. The highest BCUT2D eigenvalue weighted by molar-refractivity contribution is 4.98. The Bertz CT molecular complexity index is 204. The largest absolute Gasteiger partial charge is 0.375 e. The summed E-state index contributed by atoms with van der Waals surface area (Å²) in [7, 11) is 0. The van der Waals surface area contributed by atoms with Crippen LogP contribution < -0.4 is 5.90 Å². The molecule has 0 unspecified atom stereocenters. The minimum atomic E-state index is 0.521. The highest BCUT2D eigenvalue weighted by atomic mass is 16.6. The van der Waals surface area contributed by atoms with E-state index >= 15 is 0 Å². The van der Waals surface area contributed by atoms with E-state index in [1.165, 1.54) is 32.1 Å². The van der Waals surface area contributed by atoms with E-state index in [1.807, 2.05) is 0 Å². The Hall–Kier alpha value is -0.120. The van der Waals surface area contributed by atoms with Gasteiger partial charge in [-0.05, 0) is 55.8 Å². The van der Waals surface area contributed by atoms with E-state index in [1.54, 1.807) is 0 Å². The van der Waals surface area contributed by atoms with Crippen LogP contribution >= 0.6 is 0 Å². The summed E-state index contributed by atoms with van der Waals surface area (Å²) in [5, 5.41) is 0. The Morgan fingerprint density at radius 1 is 0.867 bits per heavy atom. The van der Waals surface area contributed by atoms with Gasteiger partial charge in [0.1, 0.15) is 0 Å². The molecular formula is C12H21NO2. The molecular weight excluding hydrogens is 190 g/mol. The molecule has 0 aromatic heterocycles. The molecule has 0 aromatic rings. The Morgan fingerprint density at radius 2 is 1.47 bits per heavy atom. The molecule has 0 aliphatic heterocycles. The lowest BCUT2D eigenvalue weighted by Crippen LogP contribution is -2.49. The van der Waals surface area contributed by atoms with Crippen LogP contribution in [0.25, 0.3) is 0 Å². The van der Waals surface area contributed by atoms with E-state index in [9.17, 15) is 0 Å². The molecule has 2 N–H and O–H groups in total. The van der Waals surface area contributed by atoms with Crippen molar-refractivity contribution in [2.45, 2.75) is 38.2 Å². The SMILES string of the molecule is NOCCOC1C2CC3CC(C2)CC1C3. The van der Waals surface area contributed by atoms with E-state index in [4.69, 9.17) is 10.6 Å². The van der Waals surface area contributed by atoms with Gasteiger partial charge in [0.05, 0.1) is 19.3 Å². The van der Waals surface area contributed by atoms with Crippen LogP contribution in [0.3, 0.4) is 0 Å². The highest BCUT2D eigenvalue weighted by Gasteiger charge is 2.48. The summed E-state index contributed by atoms with van der Waals surface area (Å²) in [5.41, 5.74) is 0. The summed E-state index contributed by atoms with van der Waals surface area (Å²) in [5.74, 6) is 8.75. The number of nitrogens with two attached hydrogens (primary N) is 1. The van der Waals surface area contributed by atoms with Crippen LogP contribution in [-0.2, 0) is 9.57 Å². The molecule has 4 aliphatic carbocycles. The Morgan fingerprint density at radius 3 is 2.00 bits per heavy atom. The first-order chi connectivity index (χ1) is 7.36. The Labute approximate surface area is 91.3 Å². The van der Waals surface area contributed by atoms with Crippen LogP contribution in [0.2, 0.25) is 0 Å². The summed E-state index contributed by atoms with van der Waals surface area (Å²) >= 11 is 0. The van der Waals surface area contributed by atoms with Crippen LogP contribution in [-0.4, -0.2) is 19.3 Å². The molecule has 0 saturated heterocycles.